The first-order chi connectivity index (χ1) is 12.5. The maximum absolute atomic E-state index is 11.5. The van der Waals surface area contributed by atoms with Gasteiger partial charge in [-0.05, 0) is 43.2 Å². The maximum Gasteiger partial charge on any atom is 0.284 e. The second-order valence-electron chi connectivity index (χ2n) is 6.20. The van der Waals surface area contributed by atoms with Crippen LogP contribution < -0.4 is 5.73 Å². The van der Waals surface area contributed by atoms with Gasteiger partial charge in [0.1, 0.15) is 6.33 Å². The molecule has 1 saturated carbocycles. The van der Waals surface area contributed by atoms with Gasteiger partial charge >= 0.3 is 0 Å². The summed E-state index contributed by atoms with van der Waals surface area (Å²) in [5.41, 5.74) is 6.05. The van der Waals surface area contributed by atoms with Crippen molar-refractivity contribution >= 4 is 17.4 Å². The van der Waals surface area contributed by atoms with Crippen LogP contribution >= 0.6 is 11.8 Å². The minimum absolute atomic E-state index is 0.0682. The zero-order valence-corrected chi connectivity index (χ0v) is 14.6. The number of aromatic nitrogens is 5. The molecular formula is C15H15N7O3S. The fourth-order valence-corrected chi connectivity index (χ4v) is 3.52. The minimum Gasteiger partial charge on any atom is -0.334 e. The Labute approximate surface area is 151 Å². The SMILES string of the molecule is Cn1cnnc1Sc1ccc(-c2nc(C3(N)CCC3)no2)cc1[N+](=O)[O-]. The lowest BCUT2D eigenvalue weighted by atomic mass is 9.77. The third kappa shape index (κ3) is 2.84. The molecule has 1 fully saturated rings. The quantitative estimate of drug-likeness (QED) is 0.527. The molecule has 2 heterocycles. The Bertz CT molecular complexity index is 979. The first-order valence-corrected chi connectivity index (χ1v) is 8.72. The average Bonchev–Trinajstić information content (AvgIpc) is 3.23. The topological polar surface area (TPSA) is 139 Å². The molecular weight excluding hydrogens is 358 g/mol. The van der Waals surface area contributed by atoms with Crippen LogP contribution in [0.2, 0.25) is 0 Å². The molecule has 0 bridgehead atoms. The molecule has 0 atom stereocenters. The molecule has 3 aromatic rings. The third-order valence-corrected chi connectivity index (χ3v) is 5.51. The fraction of sp³-hybridized carbons (Fsp3) is 0.333. The van der Waals surface area contributed by atoms with Gasteiger partial charge in [-0.2, -0.15) is 4.98 Å². The van der Waals surface area contributed by atoms with E-state index in [1.54, 1.807) is 23.7 Å². The highest BCUT2D eigenvalue weighted by Gasteiger charge is 2.39. The van der Waals surface area contributed by atoms with Crippen molar-refractivity contribution in [2.24, 2.45) is 12.8 Å². The zero-order chi connectivity index (χ0) is 18.3. The van der Waals surface area contributed by atoms with Crippen LogP contribution in [0, 0.1) is 10.1 Å². The monoisotopic (exact) mass is 373 g/mol. The van der Waals surface area contributed by atoms with Crippen LogP contribution in [0.1, 0.15) is 25.1 Å². The Morgan fingerprint density at radius 3 is 2.85 bits per heavy atom. The van der Waals surface area contributed by atoms with Gasteiger partial charge in [-0.1, -0.05) is 5.16 Å². The van der Waals surface area contributed by atoms with E-state index < -0.39 is 10.5 Å². The molecule has 10 nitrogen and oxygen atoms in total. The molecule has 0 aliphatic heterocycles. The van der Waals surface area contributed by atoms with Crippen LogP contribution in [0.4, 0.5) is 5.69 Å². The van der Waals surface area contributed by atoms with Crippen molar-refractivity contribution in [1.82, 2.24) is 24.9 Å². The summed E-state index contributed by atoms with van der Waals surface area (Å²) in [7, 11) is 1.77. The van der Waals surface area contributed by atoms with Crippen LogP contribution in [0.25, 0.3) is 11.5 Å². The Hall–Kier alpha value is -2.79. The molecule has 1 aliphatic carbocycles. The first-order valence-electron chi connectivity index (χ1n) is 7.90. The molecule has 0 radical (unpaired) electrons. The van der Waals surface area contributed by atoms with Crippen molar-refractivity contribution in [1.29, 1.82) is 0 Å². The van der Waals surface area contributed by atoms with Crippen molar-refractivity contribution in [3.05, 3.63) is 40.5 Å². The summed E-state index contributed by atoms with van der Waals surface area (Å²) in [4.78, 5) is 15.8. The maximum atomic E-state index is 11.5. The number of nitrogens with zero attached hydrogens (tertiary/aromatic N) is 6. The van der Waals surface area contributed by atoms with Crippen LogP contribution in [0.3, 0.4) is 0 Å². The smallest absolute Gasteiger partial charge is 0.284 e. The highest BCUT2D eigenvalue weighted by Crippen LogP contribution is 2.39. The number of benzene rings is 1. The molecule has 0 amide bonds. The van der Waals surface area contributed by atoms with E-state index in [0.717, 1.165) is 31.0 Å². The molecule has 1 aromatic carbocycles. The van der Waals surface area contributed by atoms with Crippen LogP contribution in [-0.4, -0.2) is 29.8 Å². The lowest BCUT2D eigenvalue weighted by molar-refractivity contribution is -0.387. The zero-order valence-electron chi connectivity index (χ0n) is 13.8. The van der Waals surface area contributed by atoms with Crippen molar-refractivity contribution in [2.75, 3.05) is 0 Å². The average molecular weight is 373 g/mol. The molecule has 0 unspecified atom stereocenters. The van der Waals surface area contributed by atoms with Gasteiger partial charge in [0.25, 0.3) is 11.6 Å². The van der Waals surface area contributed by atoms with Crippen molar-refractivity contribution < 1.29 is 9.45 Å². The Balaban J connectivity index is 1.67. The largest absolute Gasteiger partial charge is 0.334 e. The molecule has 2 N–H and O–H groups in total. The molecule has 11 heteroatoms. The van der Waals surface area contributed by atoms with E-state index in [-0.39, 0.29) is 11.6 Å². The van der Waals surface area contributed by atoms with Gasteiger partial charge in [-0.25, -0.2) is 0 Å². The van der Waals surface area contributed by atoms with Gasteiger partial charge in [0.05, 0.1) is 15.4 Å². The highest BCUT2D eigenvalue weighted by atomic mass is 32.2. The van der Waals surface area contributed by atoms with E-state index in [0.29, 0.717) is 21.4 Å². The number of nitro benzene ring substituents is 1. The van der Waals surface area contributed by atoms with Gasteiger partial charge < -0.3 is 14.8 Å². The molecule has 2 aromatic heterocycles. The van der Waals surface area contributed by atoms with Gasteiger partial charge in [0, 0.05) is 18.7 Å². The summed E-state index contributed by atoms with van der Waals surface area (Å²) in [5, 5.41) is 23.7. The van der Waals surface area contributed by atoms with Gasteiger partial charge in [-0.3, -0.25) is 10.1 Å². The number of nitro groups is 1. The van der Waals surface area contributed by atoms with E-state index in [9.17, 15) is 10.1 Å². The van der Waals surface area contributed by atoms with E-state index in [2.05, 4.69) is 20.3 Å². The van der Waals surface area contributed by atoms with Crippen LogP contribution in [-0.2, 0) is 12.6 Å². The third-order valence-electron chi connectivity index (χ3n) is 4.39. The Kier molecular flexibility index (Phi) is 3.96. The summed E-state index contributed by atoms with van der Waals surface area (Å²) in [6.45, 7) is 0. The van der Waals surface area contributed by atoms with Crippen molar-refractivity contribution in [3.8, 4) is 11.5 Å². The summed E-state index contributed by atoms with van der Waals surface area (Å²) in [6, 6.07) is 4.76. The molecule has 26 heavy (non-hydrogen) atoms. The predicted molar refractivity (Wildman–Crippen MR) is 91.2 cm³/mol. The molecule has 1 aliphatic rings. The van der Waals surface area contributed by atoms with Crippen LogP contribution in [0.15, 0.2) is 39.1 Å². The summed E-state index contributed by atoms with van der Waals surface area (Å²) < 4.78 is 6.96. The Morgan fingerprint density at radius 2 is 2.23 bits per heavy atom. The Morgan fingerprint density at radius 1 is 1.42 bits per heavy atom. The van der Waals surface area contributed by atoms with E-state index in [4.69, 9.17) is 10.3 Å². The second kappa shape index (κ2) is 6.18. The summed E-state index contributed by atoms with van der Waals surface area (Å²) in [6.07, 6.45) is 4.17. The number of rotatable bonds is 5. The molecule has 134 valence electrons. The van der Waals surface area contributed by atoms with Crippen LogP contribution in [0.5, 0.6) is 0 Å². The molecule has 4 rings (SSSR count). The van der Waals surface area contributed by atoms with Gasteiger partial charge in [0.15, 0.2) is 11.0 Å². The lowest BCUT2D eigenvalue weighted by Gasteiger charge is -2.34. The first kappa shape index (κ1) is 16.7. The predicted octanol–water partition coefficient (Wildman–Crippen LogP) is 2.26. The normalized spacial score (nSPS) is 15.6. The van der Waals surface area contributed by atoms with Crippen molar-refractivity contribution in [3.63, 3.8) is 0 Å². The fourth-order valence-electron chi connectivity index (χ4n) is 2.67. The minimum atomic E-state index is -0.547. The molecule has 0 spiro atoms. The van der Waals surface area contributed by atoms with Gasteiger partial charge in [0.2, 0.25) is 0 Å². The van der Waals surface area contributed by atoms with Gasteiger partial charge in [-0.15, -0.1) is 10.2 Å². The standard InChI is InChI=1S/C15H15N7O3S/c1-21-8-17-19-14(21)26-11-4-3-9(7-10(11)22(23)24)12-18-13(20-25-12)15(16)5-2-6-15/h3-4,7-8H,2,5-6,16H2,1H3. The molecule has 0 saturated heterocycles. The number of nitrogens with two attached hydrogens (primary N) is 1. The van der Waals surface area contributed by atoms with E-state index in [1.165, 1.54) is 12.4 Å². The van der Waals surface area contributed by atoms with E-state index in [1.807, 2.05) is 0 Å². The lowest BCUT2D eigenvalue weighted by Crippen LogP contribution is -2.44. The highest BCUT2D eigenvalue weighted by molar-refractivity contribution is 7.99. The number of hydrogen-bond acceptors (Lipinski definition) is 9. The number of aryl methyl sites for hydroxylation is 1. The summed E-state index contributed by atoms with van der Waals surface area (Å²) >= 11 is 1.16. The number of hydrogen-bond donors (Lipinski definition) is 1. The second-order valence-corrected chi connectivity index (χ2v) is 7.21. The summed E-state index contributed by atoms with van der Waals surface area (Å²) in [5.74, 6) is 0.661. The van der Waals surface area contributed by atoms with E-state index >= 15 is 0 Å². The van der Waals surface area contributed by atoms with Crippen molar-refractivity contribution in [2.45, 2.75) is 34.9 Å².